The number of unbranched alkanes of at least 4 members (excludes halogenated alkanes) is 3. The first-order valence-corrected chi connectivity index (χ1v) is 7.22. The molecule has 1 rings (SSSR count). The molecule has 0 aromatic rings. The van der Waals surface area contributed by atoms with Gasteiger partial charge in [-0.15, -0.1) is 0 Å². The summed E-state index contributed by atoms with van der Waals surface area (Å²) < 4.78 is 0. The van der Waals surface area contributed by atoms with Crippen LogP contribution in [0.2, 0.25) is 0 Å². The summed E-state index contributed by atoms with van der Waals surface area (Å²) in [4.78, 5) is 4.69. The molecular formula is C14H30N2O. The van der Waals surface area contributed by atoms with E-state index in [0.717, 1.165) is 26.1 Å². The molecule has 3 heteroatoms. The number of likely N-dealkylation sites (N-methyl/N-ethyl adjacent to an activating group) is 2. The second-order valence-corrected chi connectivity index (χ2v) is 5.58. The first-order valence-electron chi connectivity index (χ1n) is 7.22. The van der Waals surface area contributed by atoms with Crippen molar-refractivity contribution in [3.8, 4) is 0 Å². The van der Waals surface area contributed by atoms with Crippen LogP contribution < -0.4 is 0 Å². The minimum atomic E-state index is -0.155. The number of hydrogen-bond acceptors (Lipinski definition) is 3. The third-order valence-corrected chi connectivity index (χ3v) is 3.91. The maximum Gasteiger partial charge on any atom is 0.0707 e. The predicted octanol–water partition coefficient (Wildman–Crippen LogP) is 1.95. The topological polar surface area (TPSA) is 26.7 Å². The summed E-state index contributed by atoms with van der Waals surface area (Å²) in [6, 6.07) is 0.323. The van der Waals surface area contributed by atoms with Gasteiger partial charge in [0, 0.05) is 12.6 Å². The molecule has 102 valence electrons. The largest absolute Gasteiger partial charge is 0.391 e. The molecule has 1 N–H and O–H groups in total. The molecule has 17 heavy (non-hydrogen) atoms. The highest BCUT2D eigenvalue weighted by Gasteiger charge is 2.26. The lowest BCUT2D eigenvalue weighted by Gasteiger charge is -2.31. The van der Waals surface area contributed by atoms with Gasteiger partial charge in [0.1, 0.15) is 0 Å². The number of hydrogen-bond donors (Lipinski definition) is 1. The minimum absolute atomic E-state index is 0.155. The maximum absolute atomic E-state index is 10.3. The lowest BCUT2D eigenvalue weighted by molar-refractivity contribution is 0.0501. The Bertz CT molecular complexity index is 199. The van der Waals surface area contributed by atoms with Gasteiger partial charge in [-0.3, -0.25) is 4.90 Å². The summed E-state index contributed by atoms with van der Waals surface area (Å²) in [6.45, 7) is 5.50. The van der Waals surface area contributed by atoms with Gasteiger partial charge in [0.2, 0.25) is 0 Å². The van der Waals surface area contributed by atoms with Gasteiger partial charge in [-0.1, -0.05) is 32.6 Å². The van der Waals surface area contributed by atoms with Crippen LogP contribution in [0.4, 0.5) is 0 Å². The Morgan fingerprint density at radius 1 is 1.18 bits per heavy atom. The summed E-state index contributed by atoms with van der Waals surface area (Å²) in [5.41, 5.74) is 0. The number of aliphatic hydroxyl groups is 1. The maximum atomic E-state index is 10.3. The second kappa shape index (κ2) is 8.06. The highest BCUT2D eigenvalue weighted by molar-refractivity contribution is 4.82. The van der Waals surface area contributed by atoms with Gasteiger partial charge < -0.3 is 10.0 Å². The summed E-state index contributed by atoms with van der Waals surface area (Å²) in [5, 5.41) is 10.3. The second-order valence-electron chi connectivity index (χ2n) is 5.58. The van der Waals surface area contributed by atoms with E-state index >= 15 is 0 Å². The minimum Gasteiger partial charge on any atom is -0.391 e. The van der Waals surface area contributed by atoms with Crippen LogP contribution >= 0.6 is 0 Å². The lowest BCUT2D eigenvalue weighted by atomic mass is 10.0. The Morgan fingerprint density at radius 2 is 1.94 bits per heavy atom. The zero-order chi connectivity index (χ0) is 12.7. The average Bonchev–Trinajstić information content (AvgIpc) is 2.46. The van der Waals surface area contributed by atoms with Crippen molar-refractivity contribution in [2.24, 2.45) is 0 Å². The highest BCUT2D eigenvalue weighted by atomic mass is 16.3. The molecule has 0 aliphatic carbocycles. The van der Waals surface area contributed by atoms with Gasteiger partial charge in [-0.25, -0.2) is 0 Å². The van der Waals surface area contributed by atoms with Crippen molar-refractivity contribution < 1.29 is 5.11 Å². The fraction of sp³-hybridized carbons (Fsp3) is 1.00. The molecule has 0 amide bonds. The molecule has 0 saturated carbocycles. The zero-order valence-electron chi connectivity index (χ0n) is 11.9. The molecule has 0 bridgehead atoms. The van der Waals surface area contributed by atoms with Gasteiger partial charge >= 0.3 is 0 Å². The van der Waals surface area contributed by atoms with Crippen LogP contribution in [0.15, 0.2) is 0 Å². The van der Waals surface area contributed by atoms with Crippen LogP contribution in [-0.2, 0) is 0 Å². The molecule has 1 fully saturated rings. The Morgan fingerprint density at radius 3 is 2.65 bits per heavy atom. The van der Waals surface area contributed by atoms with Crippen molar-refractivity contribution in [1.29, 1.82) is 0 Å². The number of aliphatic hydroxyl groups excluding tert-OH is 1. The van der Waals surface area contributed by atoms with Gasteiger partial charge in [-0.2, -0.15) is 0 Å². The molecule has 1 aliphatic rings. The fourth-order valence-corrected chi connectivity index (χ4v) is 2.69. The quantitative estimate of drug-likeness (QED) is 0.721. The standard InChI is InChI=1S/C14H30N2O/c1-4-5-6-7-9-14(17)13-12-15(2)10-8-11-16(13)3/h13-14,17H,4-12H2,1-3H3. The molecule has 2 atom stereocenters. The molecule has 0 radical (unpaired) electrons. The van der Waals surface area contributed by atoms with E-state index in [4.69, 9.17) is 0 Å². The molecule has 1 heterocycles. The number of nitrogens with zero attached hydrogens (tertiary/aromatic N) is 2. The van der Waals surface area contributed by atoms with E-state index in [1.807, 2.05) is 0 Å². The Balaban J connectivity index is 2.33. The fourth-order valence-electron chi connectivity index (χ4n) is 2.69. The van der Waals surface area contributed by atoms with Crippen molar-refractivity contribution in [1.82, 2.24) is 9.80 Å². The molecular weight excluding hydrogens is 212 g/mol. The molecule has 3 nitrogen and oxygen atoms in total. The van der Waals surface area contributed by atoms with Crippen LogP contribution in [0.1, 0.15) is 45.4 Å². The van der Waals surface area contributed by atoms with Gasteiger partial charge in [0.15, 0.2) is 0 Å². The molecule has 2 unspecified atom stereocenters. The van der Waals surface area contributed by atoms with Gasteiger partial charge in [0.25, 0.3) is 0 Å². The first-order chi connectivity index (χ1) is 8.15. The summed E-state index contributed by atoms with van der Waals surface area (Å²) in [7, 11) is 4.31. The van der Waals surface area contributed by atoms with Crippen LogP contribution in [0.3, 0.4) is 0 Å². The van der Waals surface area contributed by atoms with E-state index in [2.05, 4.69) is 30.8 Å². The van der Waals surface area contributed by atoms with Crippen LogP contribution in [0.25, 0.3) is 0 Å². The smallest absolute Gasteiger partial charge is 0.0707 e. The molecule has 0 aromatic heterocycles. The van der Waals surface area contributed by atoms with E-state index in [1.54, 1.807) is 0 Å². The van der Waals surface area contributed by atoms with Crippen molar-refractivity contribution in [3.05, 3.63) is 0 Å². The van der Waals surface area contributed by atoms with Crippen molar-refractivity contribution >= 4 is 0 Å². The first kappa shape index (κ1) is 14.9. The van der Waals surface area contributed by atoms with Crippen molar-refractivity contribution in [3.63, 3.8) is 0 Å². The Kier molecular flexibility index (Phi) is 7.09. The monoisotopic (exact) mass is 242 g/mol. The SMILES string of the molecule is CCCCCCC(O)C1CN(C)CCCN1C. The number of rotatable bonds is 6. The summed E-state index contributed by atoms with van der Waals surface area (Å²) in [6.07, 6.45) is 7.02. The van der Waals surface area contributed by atoms with Crippen LogP contribution in [0, 0.1) is 0 Å². The molecule has 1 aliphatic heterocycles. The van der Waals surface area contributed by atoms with E-state index in [-0.39, 0.29) is 6.10 Å². The summed E-state index contributed by atoms with van der Waals surface area (Å²) >= 11 is 0. The highest BCUT2D eigenvalue weighted by Crippen LogP contribution is 2.15. The average molecular weight is 242 g/mol. The third-order valence-electron chi connectivity index (χ3n) is 3.91. The van der Waals surface area contributed by atoms with Gasteiger partial charge in [0.05, 0.1) is 6.10 Å². The van der Waals surface area contributed by atoms with E-state index < -0.39 is 0 Å². The lowest BCUT2D eigenvalue weighted by Crippen LogP contribution is -2.46. The Hall–Kier alpha value is -0.120. The molecule has 0 aromatic carbocycles. The molecule has 0 spiro atoms. The predicted molar refractivity (Wildman–Crippen MR) is 73.3 cm³/mol. The zero-order valence-corrected chi connectivity index (χ0v) is 11.9. The Labute approximate surface area is 107 Å². The van der Waals surface area contributed by atoms with Crippen LogP contribution in [0.5, 0.6) is 0 Å². The summed E-state index contributed by atoms with van der Waals surface area (Å²) in [5.74, 6) is 0. The van der Waals surface area contributed by atoms with Crippen molar-refractivity contribution in [2.75, 3.05) is 33.7 Å². The van der Waals surface area contributed by atoms with E-state index in [1.165, 1.54) is 32.1 Å². The third kappa shape index (κ3) is 5.36. The van der Waals surface area contributed by atoms with E-state index in [9.17, 15) is 5.11 Å². The van der Waals surface area contributed by atoms with Gasteiger partial charge in [-0.05, 0) is 40.0 Å². The molecule has 1 saturated heterocycles. The van der Waals surface area contributed by atoms with Crippen molar-refractivity contribution in [2.45, 2.75) is 57.6 Å². The van der Waals surface area contributed by atoms with Crippen LogP contribution in [-0.4, -0.2) is 60.8 Å². The normalized spacial score (nSPS) is 25.8. The van der Waals surface area contributed by atoms with E-state index in [0.29, 0.717) is 6.04 Å².